The van der Waals surface area contributed by atoms with Gasteiger partial charge in [-0.05, 0) is 36.5 Å². The largest absolute Gasteiger partial charge is 0.465 e. The second-order valence-corrected chi connectivity index (χ2v) is 9.11. The lowest BCUT2D eigenvalue weighted by atomic mass is 9.74. The van der Waals surface area contributed by atoms with Gasteiger partial charge in [-0.15, -0.1) is 0 Å². The molecule has 2 aliphatic carbocycles. The Labute approximate surface area is 159 Å². The Bertz CT molecular complexity index is 433. The van der Waals surface area contributed by atoms with Crippen LogP contribution in [-0.2, 0) is 19.1 Å². The predicted octanol–water partition coefficient (Wildman–Crippen LogP) is 4.85. The minimum Gasteiger partial charge on any atom is -0.465 e. The van der Waals surface area contributed by atoms with Crippen LogP contribution in [-0.4, -0.2) is 25.2 Å². The van der Waals surface area contributed by atoms with Crippen molar-refractivity contribution in [2.45, 2.75) is 73.1 Å². The molecule has 0 aromatic carbocycles. The van der Waals surface area contributed by atoms with Crippen LogP contribution in [0.1, 0.15) is 73.1 Å². The van der Waals surface area contributed by atoms with Gasteiger partial charge in [0, 0.05) is 5.92 Å². The van der Waals surface area contributed by atoms with Crippen molar-refractivity contribution in [1.82, 2.24) is 0 Å². The number of carbonyl (C=O) groups is 2. The van der Waals surface area contributed by atoms with E-state index in [0.717, 1.165) is 25.7 Å². The molecule has 2 fully saturated rings. The number of rotatable bonds is 6. The van der Waals surface area contributed by atoms with E-state index in [9.17, 15) is 9.59 Å². The topological polar surface area (TPSA) is 52.6 Å². The third kappa shape index (κ3) is 5.47. The third-order valence-corrected chi connectivity index (χ3v) is 7.04. The third-order valence-electron chi connectivity index (χ3n) is 7.04. The second kappa shape index (κ2) is 9.75. The van der Waals surface area contributed by atoms with E-state index in [4.69, 9.17) is 9.47 Å². The summed E-state index contributed by atoms with van der Waals surface area (Å²) < 4.78 is 11.1. The summed E-state index contributed by atoms with van der Waals surface area (Å²) in [6.45, 7) is 11.4. The van der Waals surface area contributed by atoms with Gasteiger partial charge < -0.3 is 9.47 Å². The van der Waals surface area contributed by atoms with Crippen LogP contribution < -0.4 is 0 Å². The van der Waals surface area contributed by atoms with Crippen molar-refractivity contribution in [1.29, 1.82) is 0 Å². The number of carbonyl (C=O) groups excluding carboxylic acids is 2. The molecule has 2 rings (SSSR count). The fourth-order valence-corrected chi connectivity index (χ4v) is 4.54. The van der Waals surface area contributed by atoms with Crippen LogP contribution in [0.5, 0.6) is 0 Å². The molecule has 0 bridgehead atoms. The van der Waals surface area contributed by atoms with Crippen LogP contribution in [0.2, 0.25) is 0 Å². The first kappa shape index (κ1) is 21.2. The lowest BCUT2D eigenvalue weighted by Crippen LogP contribution is -2.34. The van der Waals surface area contributed by atoms with Gasteiger partial charge in [0.1, 0.15) is 0 Å². The fourth-order valence-electron chi connectivity index (χ4n) is 4.54. The molecule has 4 heteroatoms. The smallest absolute Gasteiger partial charge is 0.309 e. The lowest BCUT2D eigenvalue weighted by molar-refractivity contribution is -0.157. The van der Waals surface area contributed by atoms with E-state index in [2.05, 4.69) is 27.7 Å². The Hall–Kier alpha value is -1.06. The maximum absolute atomic E-state index is 12.4. The van der Waals surface area contributed by atoms with Crippen LogP contribution in [0.25, 0.3) is 0 Å². The van der Waals surface area contributed by atoms with Crippen LogP contribution in [0.3, 0.4) is 0 Å². The van der Waals surface area contributed by atoms with E-state index in [0.29, 0.717) is 36.9 Å². The van der Waals surface area contributed by atoms with Gasteiger partial charge in [0.15, 0.2) is 0 Å². The van der Waals surface area contributed by atoms with Crippen LogP contribution >= 0.6 is 0 Å². The van der Waals surface area contributed by atoms with Gasteiger partial charge in [-0.2, -0.15) is 0 Å². The van der Waals surface area contributed by atoms with Gasteiger partial charge in [-0.25, -0.2) is 0 Å². The zero-order valence-electron chi connectivity index (χ0n) is 17.3. The highest BCUT2D eigenvalue weighted by molar-refractivity contribution is 5.73. The van der Waals surface area contributed by atoms with Crippen LogP contribution in [0.4, 0.5) is 0 Å². The van der Waals surface area contributed by atoms with Gasteiger partial charge >= 0.3 is 11.9 Å². The average Bonchev–Trinajstić information content (AvgIpc) is 2.62. The van der Waals surface area contributed by atoms with Crippen LogP contribution in [0.15, 0.2) is 0 Å². The number of hydrogen-bond donors (Lipinski definition) is 0. The summed E-state index contributed by atoms with van der Waals surface area (Å²) in [7, 11) is 0. The van der Waals surface area contributed by atoms with Gasteiger partial charge in [0.2, 0.25) is 0 Å². The zero-order valence-corrected chi connectivity index (χ0v) is 17.3. The Morgan fingerprint density at radius 3 is 1.54 bits per heavy atom. The second-order valence-electron chi connectivity index (χ2n) is 9.11. The maximum atomic E-state index is 12.4. The summed E-state index contributed by atoms with van der Waals surface area (Å²) in [6.07, 6.45) is 6.49. The molecule has 0 aliphatic heterocycles. The number of ether oxygens (including phenoxy) is 2. The summed E-state index contributed by atoms with van der Waals surface area (Å²) in [5.74, 6) is 1.89. The van der Waals surface area contributed by atoms with Crippen molar-refractivity contribution >= 4 is 11.9 Å². The first-order valence-electron chi connectivity index (χ1n) is 10.6. The van der Waals surface area contributed by atoms with E-state index in [-0.39, 0.29) is 29.7 Å². The highest BCUT2D eigenvalue weighted by Crippen LogP contribution is 2.36. The molecule has 2 saturated carbocycles. The van der Waals surface area contributed by atoms with Gasteiger partial charge in [0.05, 0.1) is 25.0 Å². The predicted molar refractivity (Wildman–Crippen MR) is 102 cm³/mol. The first-order valence-corrected chi connectivity index (χ1v) is 10.6. The summed E-state index contributed by atoms with van der Waals surface area (Å²) in [5, 5.41) is 0. The summed E-state index contributed by atoms with van der Waals surface area (Å²) >= 11 is 0. The molecule has 6 atom stereocenters. The maximum Gasteiger partial charge on any atom is 0.309 e. The van der Waals surface area contributed by atoms with Crippen molar-refractivity contribution in [2.24, 2.45) is 41.4 Å². The van der Waals surface area contributed by atoms with Crippen molar-refractivity contribution in [3.05, 3.63) is 0 Å². The zero-order chi connectivity index (χ0) is 19.3. The monoisotopic (exact) mass is 366 g/mol. The molecule has 0 N–H and O–H groups in total. The van der Waals surface area contributed by atoms with E-state index < -0.39 is 0 Å². The van der Waals surface area contributed by atoms with Crippen molar-refractivity contribution in [2.75, 3.05) is 13.2 Å². The molecule has 0 radical (unpaired) electrons. The van der Waals surface area contributed by atoms with E-state index >= 15 is 0 Å². The van der Waals surface area contributed by atoms with E-state index in [1.54, 1.807) is 0 Å². The molecular weight excluding hydrogens is 328 g/mol. The fraction of sp³-hybridized carbons (Fsp3) is 0.909. The number of hydrogen-bond acceptors (Lipinski definition) is 4. The Morgan fingerprint density at radius 2 is 1.15 bits per heavy atom. The SMILES string of the molecule is CC(COC(=O)C1CCCC(C)C1C)COC(=O)C1CCCC(C)C1C. The highest BCUT2D eigenvalue weighted by Gasteiger charge is 2.34. The minimum absolute atomic E-state index is 0.0260. The van der Waals surface area contributed by atoms with Crippen molar-refractivity contribution in [3.8, 4) is 0 Å². The summed E-state index contributed by atoms with van der Waals surface area (Å²) in [6, 6.07) is 0. The summed E-state index contributed by atoms with van der Waals surface area (Å²) in [4.78, 5) is 24.8. The van der Waals surface area contributed by atoms with Gasteiger partial charge in [-0.3, -0.25) is 9.59 Å². The summed E-state index contributed by atoms with van der Waals surface area (Å²) in [5.41, 5.74) is 0. The molecule has 4 nitrogen and oxygen atoms in total. The first-order chi connectivity index (χ1) is 12.3. The van der Waals surface area contributed by atoms with Gasteiger partial charge in [-0.1, -0.05) is 60.3 Å². The molecule has 6 unspecified atom stereocenters. The Kier molecular flexibility index (Phi) is 7.97. The quantitative estimate of drug-likeness (QED) is 0.630. The molecule has 150 valence electrons. The van der Waals surface area contributed by atoms with Crippen molar-refractivity contribution in [3.63, 3.8) is 0 Å². The molecule has 0 amide bonds. The Morgan fingerprint density at radius 1 is 0.769 bits per heavy atom. The average molecular weight is 367 g/mol. The van der Waals surface area contributed by atoms with E-state index in [1.165, 1.54) is 12.8 Å². The molecule has 0 saturated heterocycles. The normalized spacial score (nSPS) is 36.2. The lowest BCUT2D eigenvalue weighted by Gasteiger charge is -2.33. The Balaban J connectivity index is 1.70. The molecular formula is C22H38O4. The van der Waals surface area contributed by atoms with Crippen LogP contribution in [0, 0.1) is 41.4 Å². The minimum atomic E-state index is -0.0723. The molecule has 0 aromatic rings. The number of esters is 2. The molecule has 2 aliphatic rings. The van der Waals surface area contributed by atoms with Crippen molar-refractivity contribution < 1.29 is 19.1 Å². The molecule has 0 spiro atoms. The standard InChI is InChI=1S/C22H38O4/c1-14(12-25-21(23)19-10-6-8-15(2)17(19)4)13-26-22(24)20-11-7-9-16(3)18(20)5/h14-20H,6-13H2,1-5H3. The molecule has 0 heterocycles. The highest BCUT2D eigenvalue weighted by atomic mass is 16.5. The van der Waals surface area contributed by atoms with E-state index in [1.807, 2.05) is 6.92 Å². The molecule has 26 heavy (non-hydrogen) atoms. The van der Waals surface area contributed by atoms with Gasteiger partial charge in [0.25, 0.3) is 0 Å². The molecule has 0 aromatic heterocycles.